The molecule has 0 radical (unpaired) electrons. The van der Waals surface area contributed by atoms with Gasteiger partial charge in [0.05, 0.1) is 4.90 Å². The lowest BCUT2D eigenvalue weighted by molar-refractivity contribution is -0.118. The third kappa shape index (κ3) is 6.06. The molecule has 3 rings (SSSR count). The van der Waals surface area contributed by atoms with Crippen LogP contribution in [-0.4, -0.2) is 20.9 Å². The van der Waals surface area contributed by atoms with E-state index in [1.165, 1.54) is 24.3 Å². The fourth-order valence-electron chi connectivity index (χ4n) is 2.70. The number of rotatable bonds is 8. The second-order valence-electron chi connectivity index (χ2n) is 6.57. The fourth-order valence-corrected chi connectivity index (χ4v) is 4.06. The number of sulfonamides is 1. The van der Waals surface area contributed by atoms with Crippen molar-refractivity contribution in [2.45, 2.75) is 17.9 Å². The number of anilines is 1. The van der Waals surface area contributed by atoms with Gasteiger partial charge in [0.25, 0.3) is 5.91 Å². The minimum absolute atomic E-state index is 0.114. The van der Waals surface area contributed by atoms with Gasteiger partial charge >= 0.3 is 0 Å². The molecule has 1 amide bonds. The van der Waals surface area contributed by atoms with E-state index < -0.39 is 10.0 Å². The van der Waals surface area contributed by atoms with Crippen molar-refractivity contribution >= 4 is 33.2 Å². The number of benzene rings is 3. The van der Waals surface area contributed by atoms with Crippen molar-refractivity contribution in [2.75, 3.05) is 11.9 Å². The molecule has 0 saturated carbocycles. The second-order valence-corrected chi connectivity index (χ2v) is 8.72. The van der Waals surface area contributed by atoms with Crippen molar-refractivity contribution in [1.29, 1.82) is 0 Å². The molecule has 0 heterocycles. The van der Waals surface area contributed by atoms with Crippen molar-refractivity contribution in [3.05, 3.63) is 89.4 Å². The Morgan fingerprint density at radius 3 is 2.23 bits per heavy atom. The lowest BCUT2D eigenvalue weighted by Crippen LogP contribution is -2.26. The molecule has 0 fully saturated rings. The van der Waals surface area contributed by atoms with Crippen LogP contribution >= 0.6 is 11.6 Å². The molecular weight excluding hydrogens is 424 g/mol. The molecule has 0 saturated heterocycles. The van der Waals surface area contributed by atoms with Crippen LogP contribution in [0, 0.1) is 0 Å². The molecule has 3 aromatic rings. The van der Waals surface area contributed by atoms with E-state index in [0.29, 0.717) is 16.5 Å². The first-order chi connectivity index (χ1) is 14.3. The summed E-state index contributed by atoms with van der Waals surface area (Å²) in [5, 5.41) is 3.26. The van der Waals surface area contributed by atoms with Gasteiger partial charge in [0.15, 0.2) is 6.61 Å². The Labute approximate surface area is 180 Å². The average molecular weight is 445 g/mol. The molecule has 1 atom stereocenters. The third-order valence-corrected chi connectivity index (χ3v) is 6.07. The summed E-state index contributed by atoms with van der Waals surface area (Å²) in [6, 6.07) is 21.5. The SMILES string of the molecule is C[C@@H](NS(=O)(=O)c1ccc(OCC(=O)Nc2ccc(Cl)cc2)cc1)c1ccccc1. The van der Waals surface area contributed by atoms with Crippen LogP contribution in [0.25, 0.3) is 0 Å². The van der Waals surface area contributed by atoms with Gasteiger partial charge in [-0.1, -0.05) is 41.9 Å². The first kappa shape index (κ1) is 21.8. The van der Waals surface area contributed by atoms with Crippen LogP contribution in [0.3, 0.4) is 0 Å². The van der Waals surface area contributed by atoms with Crippen molar-refractivity contribution in [2.24, 2.45) is 0 Å². The minimum atomic E-state index is -3.70. The van der Waals surface area contributed by atoms with Crippen LogP contribution in [0.2, 0.25) is 5.02 Å². The summed E-state index contributed by atoms with van der Waals surface area (Å²) >= 11 is 5.81. The van der Waals surface area contributed by atoms with Gasteiger partial charge in [0, 0.05) is 16.8 Å². The highest BCUT2D eigenvalue weighted by molar-refractivity contribution is 7.89. The van der Waals surface area contributed by atoms with Gasteiger partial charge < -0.3 is 10.1 Å². The van der Waals surface area contributed by atoms with Gasteiger partial charge in [-0.05, 0) is 61.0 Å². The van der Waals surface area contributed by atoms with Gasteiger partial charge in [-0.25, -0.2) is 13.1 Å². The number of carbonyl (C=O) groups is 1. The monoisotopic (exact) mass is 444 g/mol. The number of hydrogen-bond donors (Lipinski definition) is 2. The number of ether oxygens (including phenoxy) is 1. The molecule has 2 N–H and O–H groups in total. The Balaban J connectivity index is 1.56. The Morgan fingerprint density at radius 1 is 0.967 bits per heavy atom. The van der Waals surface area contributed by atoms with E-state index in [0.717, 1.165) is 5.56 Å². The number of amides is 1. The highest BCUT2D eigenvalue weighted by Gasteiger charge is 2.18. The van der Waals surface area contributed by atoms with Crippen molar-refractivity contribution in [1.82, 2.24) is 4.72 Å². The van der Waals surface area contributed by atoms with E-state index in [2.05, 4.69) is 10.0 Å². The summed E-state index contributed by atoms with van der Waals surface area (Å²) < 4.78 is 33.3. The van der Waals surface area contributed by atoms with E-state index in [1.807, 2.05) is 30.3 Å². The van der Waals surface area contributed by atoms with E-state index >= 15 is 0 Å². The summed E-state index contributed by atoms with van der Waals surface area (Å²) in [7, 11) is -3.70. The fraction of sp³-hybridized carbons (Fsp3) is 0.136. The number of nitrogens with one attached hydrogen (secondary N) is 2. The van der Waals surface area contributed by atoms with Crippen LogP contribution in [0.1, 0.15) is 18.5 Å². The van der Waals surface area contributed by atoms with Crippen LogP contribution in [-0.2, 0) is 14.8 Å². The van der Waals surface area contributed by atoms with Crippen molar-refractivity contribution in [3.63, 3.8) is 0 Å². The maximum Gasteiger partial charge on any atom is 0.262 e. The van der Waals surface area contributed by atoms with Gasteiger partial charge in [0.1, 0.15) is 5.75 Å². The van der Waals surface area contributed by atoms with Crippen LogP contribution in [0.5, 0.6) is 5.75 Å². The summed E-state index contributed by atoms with van der Waals surface area (Å²) in [5.74, 6) is 0.0451. The maximum atomic E-state index is 12.6. The minimum Gasteiger partial charge on any atom is -0.484 e. The standard InChI is InChI=1S/C22H21ClN2O4S/c1-16(17-5-3-2-4-6-17)25-30(27,28)21-13-11-20(12-14-21)29-15-22(26)24-19-9-7-18(23)8-10-19/h2-14,16,25H,15H2,1H3,(H,24,26)/t16-/m1/s1. The molecule has 0 aromatic heterocycles. The van der Waals surface area contributed by atoms with Gasteiger partial charge in [-0.15, -0.1) is 0 Å². The number of carbonyl (C=O) groups excluding carboxylic acids is 1. The van der Waals surface area contributed by atoms with Crippen LogP contribution in [0.15, 0.2) is 83.8 Å². The quantitative estimate of drug-likeness (QED) is 0.539. The zero-order valence-corrected chi connectivity index (χ0v) is 17.8. The predicted octanol–water partition coefficient (Wildman–Crippen LogP) is 4.40. The molecule has 0 aliphatic heterocycles. The molecular formula is C22H21ClN2O4S. The van der Waals surface area contributed by atoms with Crippen LogP contribution < -0.4 is 14.8 Å². The van der Waals surface area contributed by atoms with Crippen molar-refractivity contribution < 1.29 is 17.9 Å². The topological polar surface area (TPSA) is 84.5 Å². The van der Waals surface area contributed by atoms with E-state index in [4.69, 9.17) is 16.3 Å². The molecule has 6 nitrogen and oxygen atoms in total. The Hall–Kier alpha value is -2.87. The first-order valence-electron chi connectivity index (χ1n) is 9.19. The van der Waals surface area contributed by atoms with Crippen LogP contribution in [0.4, 0.5) is 5.69 Å². The highest BCUT2D eigenvalue weighted by atomic mass is 35.5. The lowest BCUT2D eigenvalue weighted by Gasteiger charge is -2.15. The molecule has 3 aromatic carbocycles. The van der Waals surface area contributed by atoms with E-state index in [1.54, 1.807) is 31.2 Å². The molecule has 0 bridgehead atoms. The Bertz CT molecular complexity index is 1090. The predicted molar refractivity (Wildman–Crippen MR) is 117 cm³/mol. The molecule has 0 aliphatic carbocycles. The molecule has 8 heteroatoms. The van der Waals surface area contributed by atoms with Gasteiger partial charge in [0.2, 0.25) is 10.0 Å². The largest absolute Gasteiger partial charge is 0.484 e. The summed E-state index contributed by atoms with van der Waals surface area (Å²) in [5.41, 5.74) is 1.47. The summed E-state index contributed by atoms with van der Waals surface area (Å²) in [6.07, 6.45) is 0. The Morgan fingerprint density at radius 2 is 1.60 bits per heavy atom. The number of halogens is 1. The van der Waals surface area contributed by atoms with Gasteiger partial charge in [-0.2, -0.15) is 0 Å². The normalized spacial score (nSPS) is 12.2. The molecule has 0 aliphatic rings. The van der Waals surface area contributed by atoms with Gasteiger partial charge in [-0.3, -0.25) is 4.79 Å². The van der Waals surface area contributed by atoms with E-state index in [9.17, 15) is 13.2 Å². The zero-order chi connectivity index (χ0) is 21.6. The summed E-state index contributed by atoms with van der Waals surface area (Å²) in [4.78, 5) is 12.1. The second kappa shape index (κ2) is 9.75. The molecule has 156 valence electrons. The highest BCUT2D eigenvalue weighted by Crippen LogP contribution is 2.20. The zero-order valence-electron chi connectivity index (χ0n) is 16.2. The van der Waals surface area contributed by atoms with Crippen molar-refractivity contribution in [3.8, 4) is 5.75 Å². The lowest BCUT2D eigenvalue weighted by atomic mass is 10.1. The summed E-state index contributed by atoms with van der Waals surface area (Å²) in [6.45, 7) is 1.57. The smallest absolute Gasteiger partial charge is 0.262 e. The molecule has 0 unspecified atom stereocenters. The number of hydrogen-bond acceptors (Lipinski definition) is 4. The Kier molecular flexibility index (Phi) is 7.10. The van der Waals surface area contributed by atoms with E-state index in [-0.39, 0.29) is 23.5 Å². The first-order valence-corrected chi connectivity index (χ1v) is 11.1. The average Bonchev–Trinajstić information content (AvgIpc) is 2.74. The molecule has 0 spiro atoms. The maximum absolute atomic E-state index is 12.6. The molecule has 30 heavy (non-hydrogen) atoms. The third-order valence-electron chi connectivity index (χ3n) is 4.26.